The van der Waals surface area contributed by atoms with Gasteiger partial charge < -0.3 is 24.5 Å². The Hall–Kier alpha value is -2.92. The molecule has 0 unspecified atom stereocenters. The van der Waals surface area contributed by atoms with E-state index in [9.17, 15) is 25.4 Å². The first-order valence-corrected chi connectivity index (χ1v) is 11.6. The van der Waals surface area contributed by atoms with Gasteiger partial charge >= 0.3 is 0 Å². The van der Waals surface area contributed by atoms with Crippen LogP contribution in [0.25, 0.3) is 0 Å². The van der Waals surface area contributed by atoms with Crippen molar-refractivity contribution >= 4 is 17.1 Å². The van der Waals surface area contributed by atoms with Gasteiger partial charge in [0.1, 0.15) is 25.4 Å². The Kier molecular flexibility index (Phi) is 12.1. The molecule has 0 radical (unpaired) electrons. The molecule has 2 aromatic rings. The molecule has 3 N–H and O–H groups in total. The lowest BCUT2D eigenvalue weighted by molar-refractivity contribution is -0.929. The molecule has 0 saturated carbocycles. The molecule has 0 bridgehead atoms. The molecule has 186 valence electrons. The summed E-state index contributed by atoms with van der Waals surface area (Å²) >= 11 is 0. The van der Waals surface area contributed by atoms with Crippen molar-refractivity contribution in [3.8, 4) is 5.75 Å². The molecule has 2 aromatic carbocycles. The highest BCUT2D eigenvalue weighted by Gasteiger charge is 2.25. The number of non-ortho nitro benzene ring substituents is 1. The Balaban J connectivity index is 1.68. The van der Waals surface area contributed by atoms with E-state index < -0.39 is 4.92 Å². The summed E-state index contributed by atoms with van der Waals surface area (Å²) in [7, 11) is 0. The van der Waals surface area contributed by atoms with Gasteiger partial charge in [0, 0.05) is 12.1 Å². The average molecular weight is 476 g/mol. The summed E-state index contributed by atoms with van der Waals surface area (Å²) in [6.45, 7) is 3.22. The number of unbranched alkanes of at least 4 members (excludes halogenated alkanes) is 3. The molecule has 34 heavy (non-hydrogen) atoms. The van der Waals surface area contributed by atoms with Crippen molar-refractivity contribution in [1.29, 1.82) is 0 Å². The molecule has 0 aromatic heterocycles. The molecule has 10 heteroatoms. The summed E-state index contributed by atoms with van der Waals surface area (Å²) in [5.74, 6) is 0.749. The maximum Gasteiger partial charge on any atom is 0.269 e. The topological polar surface area (TPSA) is 138 Å². The van der Waals surface area contributed by atoms with Crippen molar-refractivity contribution in [3.05, 3.63) is 58.6 Å². The molecule has 0 atom stereocenters. The predicted octanol–water partition coefficient (Wildman–Crippen LogP) is 3.74. The van der Waals surface area contributed by atoms with E-state index in [4.69, 9.17) is 4.74 Å². The molecular weight excluding hydrogens is 440 g/mol. The Morgan fingerprint density at radius 2 is 1.24 bits per heavy atom. The number of aliphatic hydroxyl groups is 3. The lowest BCUT2D eigenvalue weighted by Crippen LogP contribution is -2.53. The Labute approximate surface area is 199 Å². The third-order valence-corrected chi connectivity index (χ3v) is 5.70. The number of nitro groups is 1. The van der Waals surface area contributed by atoms with Crippen LogP contribution in [-0.4, -0.2) is 77.3 Å². The van der Waals surface area contributed by atoms with Crippen LogP contribution in [0.15, 0.2) is 58.8 Å². The summed E-state index contributed by atoms with van der Waals surface area (Å²) in [6.07, 6.45) is 3.92. The second kappa shape index (κ2) is 15.1. The van der Waals surface area contributed by atoms with Crippen molar-refractivity contribution in [2.24, 2.45) is 10.2 Å². The number of ether oxygens (including phenoxy) is 1. The standard InChI is InChI=1S/C24H35N4O6/c29-17-14-28(15-18-30,16-19-31)13-3-1-2-4-20-34-24-11-7-22(8-12-24)26-25-21-5-9-23(10-6-21)27(32)33/h5-12,29-31H,1-4,13-20H2/q+1. The number of nitro benzene ring substituents is 1. The van der Waals surface area contributed by atoms with E-state index in [1.807, 2.05) is 12.1 Å². The molecule has 0 fully saturated rings. The fraction of sp³-hybridized carbons (Fsp3) is 0.500. The predicted molar refractivity (Wildman–Crippen MR) is 129 cm³/mol. The Morgan fingerprint density at radius 3 is 1.74 bits per heavy atom. The fourth-order valence-electron chi connectivity index (χ4n) is 3.77. The lowest BCUT2D eigenvalue weighted by atomic mass is 10.1. The van der Waals surface area contributed by atoms with Crippen LogP contribution in [0.5, 0.6) is 5.75 Å². The van der Waals surface area contributed by atoms with Gasteiger partial charge in [-0.25, -0.2) is 0 Å². The molecule has 0 saturated heterocycles. The molecule has 0 aliphatic heterocycles. The second-order valence-electron chi connectivity index (χ2n) is 8.14. The third-order valence-electron chi connectivity index (χ3n) is 5.70. The molecule has 0 aliphatic rings. The molecule has 0 amide bonds. The lowest BCUT2D eigenvalue weighted by Gasteiger charge is -2.37. The maximum absolute atomic E-state index is 10.7. The number of hydrogen-bond donors (Lipinski definition) is 3. The minimum absolute atomic E-state index is 0.0119. The van der Waals surface area contributed by atoms with Gasteiger partial charge in [-0.1, -0.05) is 0 Å². The van der Waals surface area contributed by atoms with E-state index in [2.05, 4.69) is 10.2 Å². The molecule has 0 aliphatic carbocycles. The first kappa shape index (κ1) is 27.3. The van der Waals surface area contributed by atoms with Gasteiger partial charge in [0.05, 0.1) is 49.3 Å². The third kappa shape index (κ3) is 9.52. The molecule has 10 nitrogen and oxygen atoms in total. The highest BCUT2D eigenvalue weighted by atomic mass is 16.6. The smallest absolute Gasteiger partial charge is 0.269 e. The maximum atomic E-state index is 10.7. The number of nitrogens with zero attached hydrogens (tertiary/aromatic N) is 4. The zero-order valence-corrected chi connectivity index (χ0v) is 19.5. The van der Waals surface area contributed by atoms with Gasteiger partial charge in [-0.05, 0) is 62.1 Å². The van der Waals surface area contributed by atoms with Crippen LogP contribution in [0, 0.1) is 10.1 Å². The van der Waals surface area contributed by atoms with E-state index in [1.165, 1.54) is 12.1 Å². The van der Waals surface area contributed by atoms with Crippen LogP contribution < -0.4 is 4.74 Å². The van der Waals surface area contributed by atoms with Crippen molar-refractivity contribution in [1.82, 2.24) is 0 Å². The van der Waals surface area contributed by atoms with E-state index in [0.29, 0.717) is 42.1 Å². The van der Waals surface area contributed by atoms with Crippen LogP contribution in [0.1, 0.15) is 25.7 Å². The van der Waals surface area contributed by atoms with Gasteiger partial charge in [0.15, 0.2) is 0 Å². The minimum Gasteiger partial charge on any atom is -0.494 e. The van der Waals surface area contributed by atoms with Crippen molar-refractivity contribution < 1.29 is 29.5 Å². The zero-order valence-electron chi connectivity index (χ0n) is 19.5. The summed E-state index contributed by atoms with van der Waals surface area (Å²) in [6, 6.07) is 13.1. The molecule has 2 rings (SSSR count). The highest BCUT2D eigenvalue weighted by molar-refractivity contribution is 5.45. The van der Waals surface area contributed by atoms with Gasteiger partial charge in [-0.3, -0.25) is 10.1 Å². The summed E-state index contributed by atoms with van der Waals surface area (Å²) in [5.41, 5.74) is 1.20. The highest BCUT2D eigenvalue weighted by Crippen LogP contribution is 2.23. The monoisotopic (exact) mass is 475 g/mol. The van der Waals surface area contributed by atoms with Crippen LogP contribution in [-0.2, 0) is 0 Å². The second-order valence-corrected chi connectivity index (χ2v) is 8.14. The van der Waals surface area contributed by atoms with Crippen LogP contribution in [0.4, 0.5) is 17.1 Å². The van der Waals surface area contributed by atoms with E-state index in [-0.39, 0.29) is 25.5 Å². The van der Waals surface area contributed by atoms with Crippen LogP contribution >= 0.6 is 0 Å². The first-order chi connectivity index (χ1) is 16.5. The van der Waals surface area contributed by atoms with Crippen molar-refractivity contribution in [2.75, 3.05) is 52.6 Å². The quantitative estimate of drug-likeness (QED) is 0.105. The fourth-order valence-corrected chi connectivity index (χ4v) is 3.77. The summed E-state index contributed by atoms with van der Waals surface area (Å²) in [4.78, 5) is 10.2. The largest absolute Gasteiger partial charge is 0.494 e. The van der Waals surface area contributed by atoms with Crippen molar-refractivity contribution in [3.63, 3.8) is 0 Å². The van der Waals surface area contributed by atoms with Gasteiger partial charge in [-0.15, -0.1) is 0 Å². The Morgan fingerprint density at radius 1 is 0.735 bits per heavy atom. The van der Waals surface area contributed by atoms with Crippen LogP contribution in [0.3, 0.4) is 0 Å². The van der Waals surface area contributed by atoms with E-state index >= 15 is 0 Å². The Bertz CT molecular complexity index is 857. The van der Waals surface area contributed by atoms with Gasteiger partial charge in [0.25, 0.3) is 5.69 Å². The van der Waals surface area contributed by atoms with E-state index in [0.717, 1.165) is 38.0 Å². The number of azo groups is 1. The number of aliphatic hydroxyl groups excluding tert-OH is 3. The molecular formula is C24H35N4O6+. The summed E-state index contributed by atoms with van der Waals surface area (Å²) in [5, 5.41) is 46.9. The first-order valence-electron chi connectivity index (χ1n) is 11.6. The SMILES string of the molecule is O=[N+]([O-])c1ccc(N=Nc2ccc(OCCCCCC[N+](CCO)(CCO)CCO)cc2)cc1. The number of hydrogen-bond acceptors (Lipinski definition) is 8. The normalized spacial score (nSPS) is 11.7. The van der Waals surface area contributed by atoms with Gasteiger partial charge in [-0.2, -0.15) is 10.2 Å². The number of quaternary nitrogens is 1. The minimum atomic E-state index is -0.457. The number of rotatable bonds is 17. The average Bonchev–Trinajstić information content (AvgIpc) is 2.83. The van der Waals surface area contributed by atoms with Crippen LogP contribution in [0.2, 0.25) is 0 Å². The molecule has 0 heterocycles. The van der Waals surface area contributed by atoms with E-state index in [1.54, 1.807) is 24.3 Å². The van der Waals surface area contributed by atoms with Gasteiger partial charge in [0.2, 0.25) is 0 Å². The zero-order chi connectivity index (χ0) is 24.7. The molecule has 0 spiro atoms. The summed E-state index contributed by atoms with van der Waals surface area (Å²) < 4.78 is 6.33. The number of benzene rings is 2. The van der Waals surface area contributed by atoms with Crippen molar-refractivity contribution in [2.45, 2.75) is 25.7 Å².